The topological polar surface area (TPSA) is 64.3 Å². The van der Waals surface area contributed by atoms with Crippen LogP contribution in [0.1, 0.15) is 46.5 Å². The maximum atomic E-state index is 11.7. The number of carbonyl (C=O) groups excluding carboxylic acids is 1. The summed E-state index contributed by atoms with van der Waals surface area (Å²) in [4.78, 5) is 11.7. The fourth-order valence-corrected chi connectivity index (χ4v) is 2.04. The van der Waals surface area contributed by atoms with Crippen LogP contribution in [0.25, 0.3) is 0 Å². The van der Waals surface area contributed by atoms with Crippen molar-refractivity contribution in [3.8, 4) is 0 Å². The van der Waals surface area contributed by atoms with Gasteiger partial charge in [0.25, 0.3) is 0 Å². The Bertz CT molecular complexity index is 248. The van der Waals surface area contributed by atoms with Gasteiger partial charge in [0.05, 0.1) is 6.61 Å². The summed E-state index contributed by atoms with van der Waals surface area (Å²) in [5.74, 6) is 0.419. The Kier molecular flexibility index (Phi) is 5.40. The van der Waals surface area contributed by atoms with Crippen LogP contribution < -0.4 is 11.1 Å². The second-order valence-electron chi connectivity index (χ2n) is 5.66. The summed E-state index contributed by atoms with van der Waals surface area (Å²) < 4.78 is 5.59. The quantitative estimate of drug-likeness (QED) is 0.740. The molecule has 0 heterocycles. The average Bonchev–Trinajstić information content (AvgIpc) is 2.70. The largest absolute Gasteiger partial charge is 0.367 e. The summed E-state index contributed by atoms with van der Waals surface area (Å²) in [6.07, 6.45) is 3.96. The van der Waals surface area contributed by atoms with E-state index in [1.54, 1.807) is 6.92 Å². The molecule has 1 rings (SSSR count). The van der Waals surface area contributed by atoms with Gasteiger partial charge >= 0.3 is 0 Å². The number of amides is 1. The van der Waals surface area contributed by atoms with Crippen LogP contribution in [0, 0.1) is 5.92 Å². The van der Waals surface area contributed by atoms with Crippen molar-refractivity contribution < 1.29 is 9.53 Å². The van der Waals surface area contributed by atoms with Crippen LogP contribution >= 0.6 is 0 Å². The molecule has 0 aromatic heterocycles. The van der Waals surface area contributed by atoms with E-state index in [4.69, 9.17) is 10.5 Å². The molecule has 1 unspecified atom stereocenters. The van der Waals surface area contributed by atoms with Crippen LogP contribution in [0.5, 0.6) is 0 Å². The molecular weight excluding hydrogens is 216 g/mol. The van der Waals surface area contributed by atoms with Gasteiger partial charge in [-0.3, -0.25) is 4.79 Å². The lowest BCUT2D eigenvalue weighted by molar-refractivity contribution is -0.132. The van der Waals surface area contributed by atoms with Crippen molar-refractivity contribution in [3.05, 3.63) is 0 Å². The predicted molar refractivity (Wildman–Crippen MR) is 68.6 cm³/mol. The Labute approximate surface area is 104 Å². The fourth-order valence-electron chi connectivity index (χ4n) is 2.04. The van der Waals surface area contributed by atoms with Crippen molar-refractivity contribution in [2.45, 2.75) is 58.1 Å². The van der Waals surface area contributed by atoms with E-state index in [0.717, 1.165) is 12.8 Å². The fraction of sp³-hybridized carbons (Fsp3) is 0.923. The third-order valence-electron chi connectivity index (χ3n) is 3.27. The van der Waals surface area contributed by atoms with E-state index in [-0.39, 0.29) is 11.4 Å². The molecule has 1 fully saturated rings. The predicted octanol–water partition coefficient (Wildman–Crippen LogP) is 1.44. The number of hydrogen-bond donors (Lipinski definition) is 2. The van der Waals surface area contributed by atoms with E-state index in [0.29, 0.717) is 19.1 Å². The molecule has 4 nitrogen and oxygen atoms in total. The first-order chi connectivity index (χ1) is 7.93. The highest BCUT2D eigenvalue weighted by Gasteiger charge is 2.30. The molecule has 3 N–H and O–H groups in total. The minimum absolute atomic E-state index is 0.0414. The van der Waals surface area contributed by atoms with Crippen LogP contribution in [-0.4, -0.2) is 30.7 Å². The Morgan fingerprint density at radius 3 is 2.47 bits per heavy atom. The Morgan fingerprint density at radius 1 is 1.35 bits per heavy atom. The first-order valence-corrected chi connectivity index (χ1v) is 6.61. The smallest absolute Gasteiger partial charge is 0.248 e. The molecule has 0 aromatic rings. The zero-order valence-electron chi connectivity index (χ0n) is 11.3. The number of hydrogen-bond acceptors (Lipinski definition) is 3. The zero-order valence-corrected chi connectivity index (χ0v) is 11.3. The highest BCUT2D eigenvalue weighted by molar-refractivity contribution is 5.80. The molecule has 0 aliphatic heterocycles. The molecule has 1 saturated carbocycles. The SMILES string of the molecule is CC(C)CNC(=O)C(C)OCC1(N)CCCC1. The summed E-state index contributed by atoms with van der Waals surface area (Å²) in [6.45, 7) is 7.11. The van der Waals surface area contributed by atoms with E-state index >= 15 is 0 Å². The number of ether oxygens (including phenoxy) is 1. The van der Waals surface area contributed by atoms with Crippen LogP contribution in [0.3, 0.4) is 0 Å². The number of nitrogens with two attached hydrogens (primary N) is 1. The molecule has 0 bridgehead atoms. The summed E-state index contributed by atoms with van der Waals surface area (Å²) in [5.41, 5.74) is 5.97. The molecule has 1 atom stereocenters. The number of rotatable bonds is 6. The normalized spacial score (nSPS) is 20.5. The van der Waals surface area contributed by atoms with Gasteiger partial charge in [-0.15, -0.1) is 0 Å². The lowest BCUT2D eigenvalue weighted by Crippen LogP contribution is -2.45. The molecule has 0 aromatic carbocycles. The van der Waals surface area contributed by atoms with E-state index in [1.807, 2.05) is 0 Å². The molecule has 0 spiro atoms. The third-order valence-corrected chi connectivity index (χ3v) is 3.27. The second kappa shape index (κ2) is 6.36. The van der Waals surface area contributed by atoms with Gasteiger partial charge in [0.15, 0.2) is 0 Å². The van der Waals surface area contributed by atoms with Crippen molar-refractivity contribution in [3.63, 3.8) is 0 Å². The van der Waals surface area contributed by atoms with E-state index in [1.165, 1.54) is 12.8 Å². The monoisotopic (exact) mass is 242 g/mol. The van der Waals surface area contributed by atoms with Gasteiger partial charge in [0.2, 0.25) is 5.91 Å². The maximum absolute atomic E-state index is 11.7. The molecule has 0 radical (unpaired) electrons. The van der Waals surface area contributed by atoms with Gasteiger partial charge in [-0.1, -0.05) is 26.7 Å². The van der Waals surface area contributed by atoms with Crippen LogP contribution in [0.15, 0.2) is 0 Å². The first kappa shape index (κ1) is 14.5. The van der Waals surface area contributed by atoms with E-state index < -0.39 is 6.10 Å². The summed E-state index contributed by atoms with van der Waals surface area (Å²) >= 11 is 0. The Balaban J connectivity index is 2.23. The van der Waals surface area contributed by atoms with Gasteiger partial charge in [0.1, 0.15) is 6.10 Å². The standard InChI is InChI=1S/C13H26N2O2/c1-10(2)8-15-12(16)11(3)17-9-13(14)6-4-5-7-13/h10-11H,4-9,14H2,1-3H3,(H,15,16). The van der Waals surface area contributed by atoms with E-state index in [9.17, 15) is 4.79 Å². The van der Waals surface area contributed by atoms with Crippen molar-refractivity contribution >= 4 is 5.91 Å². The van der Waals surface area contributed by atoms with Crippen molar-refractivity contribution in [2.75, 3.05) is 13.2 Å². The highest BCUT2D eigenvalue weighted by atomic mass is 16.5. The minimum Gasteiger partial charge on any atom is -0.367 e. The summed E-state index contributed by atoms with van der Waals surface area (Å²) in [6, 6.07) is 0. The van der Waals surface area contributed by atoms with Gasteiger partial charge < -0.3 is 15.8 Å². The minimum atomic E-state index is -0.408. The maximum Gasteiger partial charge on any atom is 0.248 e. The lowest BCUT2D eigenvalue weighted by Gasteiger charge is -2.25. The third kappa shape index (κ3) is 5.04. The molecule has 4 heteroatoms. The van der Waals surface area contributed by atoms with E-state index in [2.05, 4.69) is 19.2 Å². The zero-order chi connectivity index (χ0) is 12.9. The van der Waals surface area contributed by atoms with Gasteiger partial charge in [-0.2, -0.15) is 0 Å². The van der Waals surface area contributed by atoms with Crippen LogP contribution in [0.2, 0.25) is 0 Å². The summed E-state index contributed by atoms with van der Waals surface area (Å²) in [5, 5.41) is 2.87. The number of nitrogens with one attached hydrogen (secondary N) is 1. The van der Waals surface area contributed by atoms with Gasteiger partial charge in [0, 0.05) is 12.1 Å². The molecule has 1 amide bonds. The lowest BCUT2D eigenvalue weighted by atomic mass is 10.0. The molecule has 17 heavy (non-hydrogen) atoms. The van der Waals surface area contributed by atoms with Crippen molar-refractivity contribution in [1.29, 1.82) is 0 Å². The van der Waals surface area contributed by atoms with Crippen molar-refractivity contribution in [2.24, 2.45) is 11.7 Å². The number of carbonyl (C=O) groups is 1. The summed E-state index contributed by atoms with van der Waals surface area (Å²) in [7, 11) is 0. The molecule has 1 aliphatic carbocycles. The van der Waals surface area contributed by atoms with Gasteiger partial charge in [-0.25, -0.2) is 0 Å². The second-order valence-corrected chi connectivity index (χ2v) is 5.66. The molecular formula is C13H26N2O2. The van der Waals surface area contributed by atoms with Crippen LogP contribution in [-0.2, 0) is 9.53 Å². The molecule has 1 aliphatic rings. The first-order valence-electron chi connectivity index (χ1n) is 6.61. The Morgan fingerprint density at radius 2 is 1.94 bits per heavy atom. The van der Waals surface area contributed by atoms with Crippen LogP contribution in [0.4, 0.5) is 0 Å². The van der Waals surface area contributed by atoms with Gasteiger partial charge in [-0.05, 0) is 25.7 Å². The van der Waals surface area contributed by atoms with Crippen molar-refractivity contribution in [1.82, 2.24) is 5.32 Å². The molecule has 0 saturated heterocycles. The average molecular weight is 242 g/mol. The Hall–Kier alpha value is -0.610. The molecule has 100 valence electrons. The highest BCUT2D eigenvalue weighted by Crippen LogP contribution is 2.27.